The fraction of sp³-hybridized carbons (Fsp3) is 0.550. The lowest BCUT2D eigenvalue weighted by Gasteiger charge is -2.32. The van der Waals surface area contributed by atoms with Gasteiger partial charge in [0.15, 0.2) is 0 Å². The third-order valence-electron chi connectivity index (χ3n) is 5.33. The summed E-state index contributed by atoms with van der Waals surface area (Å²) in [5.74, 6) is 0.768. The first-order valence-electron chi connectivity index (χ1n) is 9.46. The third kappa shape index (κ3) is 5.53. The Bertz CT molecular complexity index is 675. The van der Waals surface area contributed by atoms with E-state index in [9.17, 15) is 4.39 Å². The van der Waals surface area contributed by atoms with Gasteiger partial charge in [0, 0.05) is 24.3 Å². The van der Waals surface area contributed by atoms with Crippen LogP contribution in [0.3, 0.4) is 0 Å². The van der Waals surface area contributed by atoms with E-state index in [1.807, 2.05) is 23.0 Å². The van der Waals surface area contributed by atoms with Crippen molar-refractivity contribution in [2.45, 2.75) is 44.8 Å². The predicted octanol–water partition coefficient (Wildman–Crippen LogP) is 3.46. The first-order chi connectivity index (χ1) is 12.2. The number of hydrogen-bond acceptors (Lipinski definition) is 3. The van der Waals surface area contributed by atoms with E-state index in [4.69, 9.17) is 0 Å². The Labute approximate surface area is 161 Å². The van der Waals surface area contributed by atoms with Crippen LogP contribution in [-0.2, 0) is 13.1 Å². The summed E-state index contributed by atoms with van der Waals surface area (Å²) in [6, 6.07) is 7.34. The Hall–Kier alpha value is -1.43. The van der Waals surface area contributed by atoms with Crippen molar-refractivity contribution in [1.82, 2.24) is 20.0 Å². The zero-order valence-corrected chi connectivity index (χ0v) is 15.9. The van der Waals surface area contributed by atoms with Gasteiger partial charge >= 0.3 is 0 Å². The van der Waals surface area contributed by atoms with Crippen LogP contribution in [0.2, 0.25) is 0 Å². The van der Waals surface area contributed by atoms with Crippen LogP contribution in [0.25, 0.3) is 0 Å². The summed E-state index contributed by atoms with van der Waals surface area (Å²) in [7, 11) is 0. The molecular formula is C20H28ClFN4. The number of nitrogens with one attached hydrogen (secondary N) is 1. The van der Waals surface area contributed by atoms with Crippen LogP contribution in [0.4, 0.5) is 4.39 Å². The largest absolute Gasteiger partial charge is 0.314 e. The highest BCUT2D eigenvalue weighted by atomic mass is 35.5. The molecule has 1 aliphatic heterocycles. The highest BCUT2D eigenvalue weighted by molar-refractivity contribution is 5.85. The summed E-state index contributed by atoms with van der Waals surface area (Å²) < 4.78 is 14.9. The van der Waals surface area contributed by atoms with E-state index in [0.29, 0.717) is 12.6 Å². The molecule has 6 heteroatoms. The van der Waals surface area contributed by atoms with E-state index >= 15 is 0 Å². The monoisotopic (exact) mass is 378 g/mol. The highest BCUT2D eigenvalue weighted by Gasteiger charge is 2.24. The van der Waals surface area contributed by atoms with Crippen LogP contribution in [0, 0.1) is 11.7 Å². The van der Waals surface area contributed by atoms with Gasteiger partial charge in [-0.05, 0) is 68.9 Å². The Kier molecular flexibility index (Phi) is 6.68. The molecular weight excluding hydrogens is 351 g/mol. The van der Waals surface area contributed by atoms with Crippen LogP contribution < -0.4 is 5.32 Å². The number of piperidine rings is 1. The van der Waals surface area contributed by atoms with E-state index in [1.165, 1.54) is 49.9 Å². The number of nitrogens with zero attached hydrogens (tertiary/aromatic N) is 3. The molecule has 1 aliphatic carbocycles. The Morgan fingerprint density at radius 1 is 1.00 bits per heavy atom. The van der Waals surface area contributed by atoms with E-state index < -0.39 is 0 Å². The molecule has 2 aromatic rings. The predicted molar refractivity (Wildman–Crippen MR) is 104 cm³/mol. The minimum Gasteiger partial charge on any atom is -0.314 e. The van der Waals surface area contributed by atoms with Gasteiger partial charge < -0.3 is 5.32 Å². The van der Waals surface area contributed by atoms with Crippen molar-refractivity contribution < 1.29 is 4.39 Å². The van der Waals surface area contributed by atoms with Gasteiger partial charge in [-0.2, -0.15) is 5.10 Å². The molecule has 1 aromatic heterocycles. The summed E-state index contributed by atoms with van der Waals surface area (Å²) >= 11 is 0. The second-order valence-corrected chi connectivity index (χ2v) is 7.57. The quantitative estimate of drug-likeness (QED) is 0.801. The normalized spacial score (nSPS) is 18.7. The number of aromatic nitrogens is 2. The fourth-order valence-corrected chi connectivity index (χ4v) is 3.56. The van der Waals surface area contributed by atoms with Gasteiger partial charge in [-0.25, -0.2) is 4.39 Å². The highest BCUT2D eigenvalue weighted by Crippen LogP contribution is 2.28. The van der Waals surface area contributed by atoms with Gasteiger partial charge in [-0.15, -0.1) is 12.4 Å². The number of likely N-dealkylation sites (tertiary alicyclic amines) is 1. The van der Waals surface area contributed by atoms with Crippen molar-refractivity contribution in [2.24, 2.45) is 5.92 Å². The molecule has 4 nitrogen and oxygen atoms in total. The summed E-state index contributed by atoms with van der Waals surface area (Å²) in [4.78, 5) is 2.52. The molecule has 0 unspecified atom stereocenters. The van der Waals surface area contributed by atoms with Crippen LogP contribution >= 0.6 is 12.4 Å². The molecule has 1 saturated heterocycles. The lowest BCUT2D eigenvalue weighted by atomic mass is 10.0. The van der Waals surface area contributed by atoms with E-state index in [0.717, 1.165) is 31.1 Å². The number of benzene rings is 1. The average molecular weight is 379 g/mol. The van der Waals surface area contributed by atoms with Crippen molar-refractivity contribution in [3.63, 3.8) is 0 Å². The smallest absolute Gasteiger partial charge is 0.123 e. The van der Waals surface area contributed by atoms with Gasteiger partial charge in [0.1, 0.15) is 5.82 Å². The molecule has 1 saturated carbocycles. The first-order valence-corrected chi connectivity index (χ1v) is 9.46. The third-order valence-corrected chi connectivity index (χ3v) is 5.33. The van der Waals surface area contributed by atoms with Crippen molar-refractivity contribution in [1.29, 1.82) is 0 Å². The molecule has 0 radical (unpaired) electrons. The number of rotatable bonds is 7. The number of halogens is 2. The van der Waals surface area contributed by atoms with Crippen LogP contribution in [-0.4, -0.2) is 40.4 Å². The van der Waals surface area contributed by atoms with E-state index in [-0.39, 0.29) is 18.2 Å². The van der Waals surface area contributed by atoms with Crippen molar-refractivity contribution >= 4 is 12.4 Å². The van der Waals surface area contributed by atoms with Gasteiger partial charge in [0.05, 0.1) is 12.7 Å². The van der Waals surface area contributed by atoms with Gasteiger partial charge in [-0.1, -0.05) is 12.1 Å². The summed E-state index contributed by atoms with van der Waals surface area (Å²) in [5.41, 5.74) is 2.32. The lowest BCUT2D eigenvalue weighted by Crippen LogP contribution is -2.42. The first kappa shape index (κ1) is 19.3. The van der Waals surface area contributed by atoms with Crippen LogP contribution in [0.1, 0.15) is 36.8 Å². The zero-order valence-electron chi connectivity index (χ0n) is 15.1. The molecule has 2 fully saturated rings. The van der Waals surface area contributed by atoms with Crippen LogP contribution in [0.15, 0.2) is 36.7 Å². The van der Waals surface area contributed by atoms with Crippen molar-refractivity contribution in [3.05, 3.63) is 53.6 Å². The maximum atomic E-state index is 13.0. The summed E-state index contributed by atoms with van der Waals surface area (Å²) in [6.07, 6.45) is 9.41. The molecule has 142 valence electrons. The standard InChI is InChI=1S/C20H27FN4.ClH/c21-19-5-3-17(4-6-19)14-25-15-18(12-23-25)13-24-9-7-20(8-10-24)22-11-16-1-2-16;/h3-6,12,15-16,20,22H,1-2,7-11,13-14H2;1H. The second kappa shape index (κ2) is 8.98. The Balaban J connectivity index is 0.00000196. The molecule has 1 aromatic carbocycles. The molecule has 0 spiro atoms. The van der Waals surface area contributed by atoms with Crippen molar-refractivity contribution in [2.75, 3.05) is 19.6 Å². The lowest BCUT2D eigenvalue weighted by molar-refractivity contribution is 0.190. The minimum absolute atomic E-state index is 0. The Morgan fingerprint density at radius 2 is 1.73 bits per heavy atom. The second-order valence-electron chi connectivity index (χ2n) is 7.57. The molecule has 2 aliphatic rings. The molecule has 2 heterocycles. The molecule has 4 rings (SSSR count). The van der Waals surface area contributed by atoms with Gasteiger partial charge in [0.25, 0.3) is 0 Å². The Morgan fingerprint density at radius 3 is 2.42 bits per heavy atom. The number of hydrogen-bond donors (Lipinski definition) is 1. The van der Waals surface area contributed by atoms with Gasteiger partial charge in [0.2, 0.25) is 0 Å². The SMILES string of the molecule is Cl.Fc1ccc(Cn2cc(CN3CCC(NCC4CC4)CC3)cn2)cc1. The molecule has 1 N–H and O–H groups in total. The fourth-order valence-electron chi connectivity index (χ4n) is 3.56. The molecule has 0 atom stereocenters. The van der Waals surface area contributed by atoms with Crippen molar-refractivity contribution in [3.8, 4) is 0 Å². The van der Waals surface area contributed by atoms with E-state index in [2.05, 4.69) is 21.5 Å². The average Bonchev–Trinajstić information content (AvgIpc) is 3.36. The van der Waals surface area contributed by atoms with Crippen LogP contribution in [0.5, 0.6) is 0 Å². The summed E-state index contributed by atoms with van der Waals surface area (Å²) in [5, 5.41) is 8.19. The molecule has 0 amide bonds. The minimum atomic E-state index is -0.195. The van der Waals surface area contributed by atoms with Gasteiger partial charge in [-0.3, -0.25) is 9.58 Å². The zero-order chi connectivity index (χ0) is 17.1. The maximum absolute atomic E-state index is 13.0. The molecule has 0 bridgehead atoms. The topological polar surface area (TPSA) is 33.1 Å². The summed E-state index contributed by atoms with van der Waals surface area (Å²) in [6.45, 7) is 5.20. The van der Waals surface area contributed by atoms with E-state index in [1.54, 1.807) is 0 Å². The molecule has 26 heavy (non-hydrogen) atoms. The maximum Gasteiger partial charge on any atom is 0.123 e.